The molecular weight excluding hydrogens is 278 g/mol. The quantitative estimate of drug-likeness (QED) is 0.660. The Bertz CT molecular complexity index is 572. The van der Waals surface area contributed by atoms with Crippen molar-refractivity contribution in [3.63, 3.8) is 0 Å². The average molecular weight is 305 g/mol. The highest BCUT2D eigenvalue weighted by Crippen LogP contribution is 2.31. The van der Waals surface area contributed by atoms with E-state index in [1.54, 1.807) is 4.90 Å². The van der Waals surface area contributed by atoms with Crippen LogP contribution >= 0.6 is 0 Å². The van der Waals surface area contributed by atoms with E-state index in [9.17, 15) is 10.2 Å². The van der Waals surface area contributed by atoms with Gasteiger partial charge in [-0.3, -0.25) is 0 Å². The summed E-state index contributed by atoms with van der Waals surface area (Å²) in [5.74, 6) is 0.233. The molecule has 122 valence electrons. The number of nitrogens with zero attached hydrogens (tertiary/aromatic N) is 1. The molecule has 1 heterocycles. The molecule has 1 saturated heterocycles. The Morgan fingerprint density at radius 3 is 2.50 bits per heavy atom. The van der Waals surface area contributed by atoms with Gasteiger partial charge in [-0.05, 0) is 64.7 Å². The summed E-state index contributed by atoms with van der Waals surface area (Å²) < 4.78 is 5.62. The van der Waals surface area contributed by atoms with E-state index in [-0.39, 0.29) is 5.76 Å². The third kappa shape index (κ3) is 3.81. The summed E-state index contributed by atoms with van der Waals surface area (Å²) >= 11 is 0. The van der Waals surface area contributed by atoms with Crippen LogP contribution < -0.4 is 0 Å². The zero-order chi connectivity index (χ0) is 16.5. The summed E-state index contributed by atoms with van der Waals surface area (Å²) in [5.41, 5.74) is 3.43. The van der Waals surface area contributed by atoms with E-state index in [0.29, 0.717) is 6.54 Å². The van der Waals surface area contributed by atoms with Crippen LogP contribution in [0.15, 0.2) is 23.9 Å². The van der Waals surface area contributed by atoms with Crippen LogP contribution in [0, 0.1) is 13.8 Å². The fraction of sp³-hybridized carbons (Fsp3) is 0.556. The van der Waals surface area contributed by atoms with E-state index in [0.717, 1.165) is 29.7 Å². The van der Waals surface area contributed by atoms with Crippen LogP contribution in [0.1, 0.15) is 50.3 Å². The zero-order valence-electron chi connectivity index (χ0n) is 14.2. The van der Waals surface area contributed by atoms with E-state index in [2.05, 4.69) is 0 Å². The average Bonchev–Trinajstić information content (AvgIpc) is 2.88. The maximum Gasteiger partial charge on any atom is 0.238 e. The van der Waals surface area contributed by atoms with Crippen molar-refractivity contribution >= 4 is 5.76 Å². The highest BCUT2D eigenvalue weighted by Gasteiger charge is 2.30. The maximum absolute atomic E-state index is 10.6. The second kappa shape index (κ2) is 6.31. The Morgan fingerprint density at radius 1 is 1.23 bits per heavy atom. The second-order valence-electron chi connectivity index (χ2n) is 6.95. The topological polar surface area (TPSA) is 52.9 Å². The molecule has 1 aliphatic rings. The monoisotopic (exact) mass is 305 g/mol. The number of aliphatic hydroxyl groups is 2. The second-order valence-corrected chi connectivity index (χ2v) is 6.95. The van der Waals surface area contributed by atoms with Gasteiger partial charge >= 0.3 is 0 Å². The molecule has 1 aromatic rings. The highest BCUT2D eigenvalue weighted by atomic mass is 16.6. The molecule has 0 amide bonds. The zero-order valence-corrected chi connectivity index (χ0v) is 14.2. The minimum Gasteiger partial charge on any atom is -0.505 e. The number of aryl methyl sites for hydroxylation is 2. The van der Waals surface area contributed by atoms with Gasteiger partial charge < -0.3 is 19.8 Å². The van der Waals surface area contributed by atoms with E-state index in [4.69, 9.17) is 4.74 Å². The molecule has 4 nitrogen and oxygen atoms in total. The van der Waals surface area contributed by atoms with Crippen molar-refractivity contribution in [3.8, 4) is 0 Å². The Kier molecular flexibility index (Phi) is 4.83. The van der Waals surface area contributed by atoms with Crippen LogP contribution in [0.25, 0.3) is 5.76 Å². The van der Waals surface area contributed by atoms with Crippen molar-refractivity contribution in [2.75, 3.05) is 6.54 Å². The number of ether oxygens (including phenoxy) is 1. The lowest BCUT2D eigenvalue weighted by molar-refractivity contribution is -0.226. The SMILES string of the molecule is Cc1ccc(/C(O)=C2\CCCN2C(O)OC(C)(C)C)cc1C. The molecule has 0 bridgehead atoms. The van der Waals surface area contributed by atoms with Gasteiger partial charge in [0.2, 0.25) is 6.41 Å². The first kappa shape index (κ1) is 16.8. The Morgan fingerprint density at radius 2 is 1.91 bits per heavy atom. The van der Waals surface area contributed by atoms with Crippen LogP contribution in [-0.2, 0) is 4.74 Å². The lowest BCUT2D eigenvalue weighted by Gasteiger charge is -2.32. The third-order valence-electron chi connectivity index (χ3n) is 3.94. The summed E-state index contributed by atoms with van der Waals surface area (Å²) in [4.78, 5) is 1.75. The van der Waals surface area contributed by atoms with Crippen LogP contribution in [0.2, 0.25) is 0 Å². The van der Waals surface area contributed by atoms with Gasteiger partial charge in [-0.25, -0.2) is 0 Å². The van der Waals surface area contributed by atoms with E-state index >= 15 is 0 Å². The summed E-state index contributed by atoms with van der Waals surface area (Å²) in [6.07, 6.45) is 0.601. The van der Waals surface area contributed by atoms with Gasteiger partial charge in [0, 0.05) is 12.1 Å². The maximum atomic E-state index is 10.6. The molecule has 1 fully saturated rings. The number of benzene rings is 1. The molecule has 22 heavy (non-hydrogen) atoms. The van der Waals surface area contributed by atoms with Crippen molar-refractivity contribution < 1.29 is 14.9 Å². The molecule has 1 aromatic carbocycles. The number of hydrogen-bond donors (Lipinski definition) is 2. The van der Waals surface area contributed by atoms with Crippen molar-refractivity contribution in [2.24, 2.45) is 0 Å². The minimum atomic E-state index is -1.04. The standard InChI is InChI=1S/C18H27NO3/c1-12-8-9-14(11-13(12)2)16(20)15-7-6-10-19(15)17(21)22-18(3,4)5/h8-9,11,17,20-21H,6-7,10H2,1-5H3/b16-15-. The molecule has 0 radical (unpaired) electrons. The fourth-order valence-corrected chi connectivity index (χ4v) is 2.63. The van der Waals surface area contributed by atoms with Gasteiger partial charge in [-0.1, -0.05) is 12.1 Å². The van der Waals surface area contributed by atoms with Gasteiger partial charge in [-0.2, -0.15) is 0 Å². The first-order valence-corrected chi connectivity index (χ1v) is 7.81. The molecule has 2 N–H and O–H groups in total. The van der Waals surface area contributed by atoms with Gasteiger partial charge in [0.05, 0.1) is 11.3 Å². The minimum absolute atomic E-state index is 0.233. The predicted molar refractivity (Wildman–Crippen MR) is 88.2 cm³/mol. The molecule has 1 aliphatic heterocycles. The molecule has 1 unspecified atom stereocenters. The Labute approximate surface area is 133 Å². The van der Waals surface area contributed by atoms with Gasteiger partial charge in [0.15, 0.2) is 0 Å². The molecule has 0 saturated carbocycles. The summed E-state index contributed by atoms with van der Waals surface area (Å²) in [7, 11) is 0. The van der Waals surface area contributed by atoms with E-state index in [1.807, 2.05) is 52.8 Å². The van der Waals surface area contributed by atoms with Crippen molar-refractivity contribution in [3.05, 3.63) is 40.6 Å². The van der Waals surface area contributed by atoms with Crippen molar-refractivity contribution in [1.29, 1.82) is 0 Å². The molecule has 0 aromatic heterocycles. The third-order valence-corrected chi connectivity index (χ3v) is 3.94. The number of allylic oxidation sites excluding steroid dienone is 1. The summed E-state index contributed by atoms with van der Waals surface area (Å²) in [5, 5.41) is 20.9. The molecule has 2 rings (SSSR count). The van der Waals surface area contributed by atoms with Gasteiger partial charge in [0.1, 0.15) is 5.76 Å². The number of likely N-dealkylation sites (tertiary alicyclic amines) is 1. The smallest absolute Gasteiger partial charge is 0.238 e. The van der Waals surface area contributed by atoms with E-state index < -0.39 is 12.0 Å². The molecule has 4 heteroatoms. The number of rotatable bonds is 3. The van der Waals surface area contributed by atoms with Crippen LogP contribution in [0.3, 0.4) is 0 Å². The van der Waals surface area contributed by atoms with Crippen LogP contribution in [0.5, 0.6) is 0 Å². The Hall–Kier alpha value is -1.52. The number of hydrogen-bond acceptors (Lipinski definition) is 4. The molecule has 1 atom stereocenters. The predicted octanol–water partition coefficient (Wildman–Crippen LogP) is 3.72. The fourth-order valence-electron chi connectivity index (χ4n) is 2.63. The molecular formula is C18H27NO3. The normalized spacial score (nSPS) is 19.5. The first-order chi connectivity index (χ1) is 10.2. The summed E-state index contributed by atoms with van der Waals surface area (Å²) in [6, 6.07) is 5.89. The van der Waals surface area contributed by atoms with Crippen molar-refractivity contribution in [1.82, 2.24) is 4.90 Å². The lowest BCUT2D eigenvalue weighted by atomic mass is 10.0. The molecule has 0 spiro atoms. The summed E-state index contributed by atoms with van der Waals surface area (Å²) in [6.45, 7) is 10.5. The number of aliphatic hydroxyl groups excluding tert-OH is 2. The first-order valence-electron chi connectivity index (χ1n) is 7.81. The Balaban J connectivity index is 2.29. The van der Waals surface area contributed by atoms with E-state index in [1.165, 1.54) is 5.56 Å². The van der Waals surface area contributed by atoms with Gasteiger partial charge in [-0.15, -0.1) is 0 Å². The van der Waals surface area contributed by atoms with Crippen molar-refractivity contribution in [2.45, 2.75) is 59.5 Å². The highest BCUT2D eigenvalue weighted by molar-refractivity contribution is 5.63. The molecule has 0 aliphatic carbocycles. The van der Waals surface area contributed by atoms with Crippen LogP contribution in [0.4, 0.5) is 0 Å². The van der Waals surface area contributed by atoms with Gasteiger partial charge in [0.25, 0.3) is 0 Å². The van der Waals surface area contributed by atoms with Crippen LogP contribution in [-0.4, -0.2) is 33.7 Å². The lowest BCUT2D eigenvalue weighted by Crippen LogP contribution is -2.39. The largest absolute Gasteiger partial charge is 0.505 e.